The Morgan fingerprint density at radius 3 is 2.69 bits per heavy atom. The van der Waals surface area contributed by atoms with E-state index in [2.05, 4.69) is 5.32 Å². The fourth-order valence-corrected chi connectivity index (χ4v) is 2.80. The van der Waals surface area contributed by atoms with Crippen molar-refractivity contribution < 1.29 is 31.9 Å². The molecule has 0 spiro atoms. The van der Waals surface area contributed by atoms with E-state index < -0.39 is 41.8 Å². The van der Waals surface area contributed by atoms with Gasteiger partial charge in [-0.05, 0) is 30.7 Å². The maximum absolute atomic E-state index is 13.0. The molecule has 1 amide bonds. The monoisotopic (exact) mass is 387 g/mol. The van der Waals surface area contributed by atoms with Gasteiger partial charge in [0.15, 0.2) is 6.61 Å². The molecule has 1 N–H and O–H groups in total. The normalized spacial score (nSPS) is 19.1. The quantitative estimate of drug-likeness (QED) is 0.779. The Hall–Kier alpha value is -2.48. The summed E-state index contributed by atoms with van der Waals surface area (Å²) in [4.78, 5) is 23.8. The number of halogens is 4. The molecule has 1 heterocycles. The van der Waals surface area contributed by atoms with Crippen molar-refractivity contribution in [3.8, 4) is 0 Å². The van der Waals surface area contributed by atoms with Crippen LogP contribution in [-0.2, 0) is 20.5 Å². The van der Waals surface area contributed by atoms with Crippen molar-refractivity contribution in [2.45, 2.75) is 18.5 Å². The van der Waals surface area contributed by atoms with Crippen LogP contribution in [0.2, 0.25) is 5.02 Å². The number of carbonyl (C=O) groups excluding carboxylic acids is 2. The highest BCUT2D eigenvalue weighted by Gasteiger charge is 2.47. The lowest BCUT2D eigenvalue weighted by molar-refractivity contribution is -0.148. The Morgan fingerprint density at radius 2 is 2.04 bits per heavy atom. The molecular weight excluding hydrogens is 375 g/mol. The van der Waals surface area contributed by atoms with Crippen LogP contribution in [0.15, 0.2) is 41.0 Å². The van der Waals surface area contributed by atoms with Gasteiger partial charge in [0.2, 0.25) is 0 Å². The average Bonchev–Trinajstić information content (AvgIpc) is 3.19. The number of alkyl halides is 3. The van der Waals surface area contributed by atoms with E-state index in [0.717, 1.165) is 12.1 Å². The number of amides is 1. The van der Waals surface area contributed by atoms with Crippen LogP contribution in [0.3, 0.4) is 0 Å². The van der Waals surface area contributed by atoms with Crippen LogP contribution in [0.5, 0.6) is 0 Å². The largest absolute Gasteiger partial charge is 0.469 e. The van der Waals surface area contributed by atoms with Gasteiger partial charge in [-0.15, -0.1) is 0 Å². The molecule has 1 aromatic heterocycles. The Labute approximate surface area is 151 Å². The molecule has 138 valence electrons. The minimum Gasteiger partial charge on any atom is -0.469 e. The van der Waals surface area contributed by atoms with Gasteiger partial charge in [-0.1, -0.05) is 17.7 Å². The Morgan fingerprint density at radius 1 is 1.27 bits per heavy atom. The summed E-state index contributed by atoms with van der Waals surface area (Å²) in [5.74, 6) is -1.37. The highest BCUT2D eigenvalue weighted by molar-refractivity contribution is 6.34. The molecule has 0 saturated heterocycles. The third-order valence-electron chi connectivity index (χ3n) is 3.93. The first kappa shape index (κ1) is 18.3. The molecule has 0 unspecified atom stereocenters. The minimum absolute atomic E-state index is 0.0963. The standard InChI is InChI=1S/C17H13ClF3NO4/c18-12-4-1-3-11(17(19,20)21)15(12)22-14(23)8-26-16(24)10-7-9(10)13-5-2-6-25-13/h1-6,9-10H,7-8H2,(H,22,23)/t9-,10+/m0/s1. The van der Waals surface area contributed by atoms with Gasteiger partial charge >= 0.3 is 12.1 Å². The smallest absolute Gasteiger partial charge is 0.418 e. The van der Waals surface area contributed by atoms with Crippen LogP contribution in [0.4, 0.5) is 18.9 Å². The van der Waals surface area contributed by atoms with Gasteiger partial charge in [0.05, 0.1) is 28.5 Å². The summed E-state index contributed by atoms with van der Waals surface area (Å²) in [7, 11) is 0. The van der Waals surface area contributed by atoms with E-state index >= 15 is 0 Å². The van der Waals surface area contributed by atoms with Gasteiger partial charge in [-0.3, -0.25) is 9.59 Å². The van der Waals surface area contributed by atoms with Crippen molar-refractivity contribution in [1.29, 1.82) is 0 Å². The van der Waals surface area contributed by atoms with Crippen molar-refractivity contribution in [3.05, 3.63) is 52.9 Å². The lowest BCUT2D eigenvalue weighted by Gasteiger charge is -2.15. The molecule has 2 aromatic rings. The van der Waals surface area contributed by atoms with Gasteiger partial charge in [0, 0.05) is 5.92 Å². The number of hydrogen-bond acceptors (Lipinski definition) is 4. The summed E-state index contributed by atoms with van der Waals surface area (Å²) in [6.07, 6.45) is -2.66. The molecule has 2 atom stereocenters. The van der Waals surface area contributed by atoms with E-state index in [1.165, 1.54) is 12.3 Å². The lowest BCUT2D eigenvalue weighted by Crippen LogP contribution is -2.23. The average molecular weight is 388 g/mol. The van der Waals surface area contributed by atoms with Crippen molar-refractivity contribution in [1.82, 2.24) is 0 Å². The zero-order valence-electron chi connectivity index (χ0n) is 13.2. The van der Waals surface area contributed by atoms with Crippen LogP contribution in [0, 0.1) is 5.92 Å². The summed E-state index contributed by atoms with van der Waals surface area (Å²) in [6.45, 7) is -0.706. The summed E-state index contributed by atoms with van der Waals surface area (Å²) in [5.41, 5.74) is -1.65. The van der Waals surface area contributed by atoms with Crippen LogP contribution in [-0.4, -0.2) is 18.5 Å². The van der Waals surface area contributed by atoms with E-state index in [4.69, 9.17) is 20.8 Å². The van der Waals surface area contributed by atoms with Gasteiger partial charge in [0.25, 0.3) is 5.91 Å². The number of anilines is 1. The van der Waals surface area contributed by atoms with Gasteiger partial charge in [0.1, 0.15) is 5.76 Å². The molecule has 0 bridgehead atoms. The molecule has 9 heteroatoms. The molecule has 3 rings (SSSR count). The number of hydrogen-bond donors (Lipinski definition) is 1. The third-order valence-corrected chi connectivity index (χ3v) is 4.25. The van der Waals surface area contributed by atoms with E-state index in [9.17, 15) is 22.8 Å². The van der Waals surface area contributed by atoms with Crippen molar-refractivity contribution >= 4 is 29.2 Å². The van der Waals surface area contributed by atoms with Crippen LogP contribution in [0.25, 0.3) is 0 Å². The first-order valence-electron chi connectivity index (χ1n) is 7.63. The maximum Gasteiger partial charge on any atom is 0.418 e. The Kier molecular flexibility index (Phi) is 4.95. The fraction of sp³-hybridized carbons (Fsp3) is 0.294. The second-order valence-corrected chi connectivity index (χ2v) is 6.19. The van der Waals surface area contributed by atoms with Crippen molar-refractivity contribution in [2.75, 3.05) is 11.9 Å². The number of para-hydroxylation sites is 1. The lowest BCUT2D eigenvalue weighted by atomic mass is 10.1. The van der Waals surface area contributed by atoms with Crippen LogP contribution >= 0.6 is 11.6 Å². The first-order chi connectivity index (χ1) is 12.3. The second kappa shape index (κ2) is 7.03. The predicted molar refractivity (Wildman–Crippen MR) is 85.6 cm³/mol. The molecule has 0 aliphatic heterocycles. The SMILES string of the molecule is O=C(COC(=O)[C@@H]1C[C@@H]1c1ccco1)Nc1c(Cl)cccc1C(F)(F)F. The topological polar surface area (TPSA) is 68.5 Å². The summed E-state index contributed by atoms with van der Waals surface area (Å²) in [5, 5.41) is 1.79. The third kappa shape index (κ3) is 4.01. The van der Waals surface area contributed by atoms with Crippen molar-refractivity contribution in [2.24, 2.45) is 5.92 Å². The highest BCUT2D eigenvalue weighted by Crippen LogP contribution is 2.48. The number of esters is 1. The van der Waals surface area contributed by atoms with Gasteiger partial charge in [-0.2, -0.15) is 13.2 Å². The zero-order valence-corrected chi connectivity index (χ0v) is 13.9. The number of furan rings is 1. The van der Waals surface area contributed by atoms with E-state index in [1.807, 2.05) is 0 Å². The summed E-state index contributed by atoms with van der Waals surface area (Å²) in [6, 6.07) is 6.58. The number of ether oxygens (including phenoxy) is 1. The number of carbonyl (C=O) groups is 2. The van der Waals surface area contributed by atoms with Gasteiger partial charge in [-0.25, -0.2) is 0 Å². The molecule has 0 radical (unpaired) electrons. The number of benzene rings is 1. The van der Waals surface area contributed by atoms with Crippen molar-refractivity contribution in [3.63, 3.8) is 0 Å². The fourth-order valence-electron chi connectivity index (χ4n) is 2.58. The van der Waals surface area contributed by atoms with Crippen LogP contribution in [0.1, 0.15) is 23.7 Å². The van der Waals surface area contributed by atoms with E-state index in [0.29, 0.717) is 12.2 Å². The molecule has 1 fully saturated rings. The second-order valence-electron chi connectivity index (χ2n) is 5.78. The summed E-state index contributed by atoms with van der Waals surface area (Å²) >= 11 is 5.75. The minimum atomic E-state index is -4.69. The van der Waals surface area contributed by atoms with E-state index in [1.54, 1.807) is 12.1 Å². The van der Waals surface area contributed by atoms with Crippen LogP contribution < -0.4 is 5.32 Å². The maximum atomic E-state index is 13.0. The first-order valence-corrected chi connectivity index (χ1v) is 8.00. The Balaban J connectivity index is 1.56. The molecule has 26 heavy (non-hydrogen) atoms. The molecule has 1 aromatic carbocycles. The van der Waals surface area contributed by atoms with E-state index in [-0.39, 0.29) is 10.9 Å². The molecule has 1 aliphatic rings. The molecular formula is C17H13ClF3NO4. The predicted octanol–water partition coefficient (Wildman–Crippen LogP) is 4.24. The summed E-state index contributed by atoms with van der Waals surface area (Å²) < 4.78 is 49.0. The zero-order chi connectivity index (χ0) is 18.9. The molecule has 1 saturated carbocycles. The highest BCUT2D eigenvalue weighted by atomic mass is 35.5. The number of nitrogens with one attached hydrogen (secondary N) is 1. The Bertz CT molecular complexity index is 820. The molecule has 1 aliphatic carbocycles. The number of rotatable bonds is 5. The van der Waals surface area contributed by atoms with Gasteiger partial charge < -0.3 is 14.5 Å². The molecule has 5 nitrogen and oxygen atoms in total.